The first-order valence-electron chi connectivity index (χ1n) is 8.81. The van der Waals surface area contributed by atoms with Gasteiger partial charge < -0.3 is 9.30 Å². The third kappa shape index (κ3) is 3.85. The van der Waals surface area contributed by atoms with Crippen LogP contribution in [-0.4, -0.2) is 23.7 Å². The molecule has 1 amide bonds. The zero-order valence-corrected chi connectivity index (χ0v) is 17.6. The van der Waals surface area contributed by atoms with Gasteiger partial charge in [-0.1, -0.05) is 41.1 Å². The molecule has 0 bridgehead atoms. The van der Waals surface area contributed by atoms with E-state index in [2.05, 4.69) is 4.99 Å². The van der Waals surface area contributed by atoms with Crippen LogP contribution < -0.4 is 4.80 Å². The zero-order valence-electron chi connectivity index (χ0n) is 15.2. The normalized spacial score (nSPS) is 12.3. The number of nitrogens with zero attached hydrogens (tertiary/aromatic N) is 2. The van der Waals surface area contributed by atoms with Crippen LogP contribution in [0.1, 0.15) is 16.6 Å². The number of amides is 1. The van der Waals surface area contributed by atoms with E-state index in [9.17, 15) is 13.6 Å². The molecule has 2 heterocycles. The molecule has 0 saturated heterocycles. The van der Waals surface area contributed by atoms with Crippen LogP contribution in [0.2, 0.25) is 5.02 Å². The number of thiophene rings is 1. The van der Waals surface area contributed by atoms with Crippen LogP contribution in [0.25, 0.3) is 20.3 Å². The van der Waals surface area contributed by atoms with Gasteiger partial charge in [-0.25, -0.2) is 8.78 Å². The van der Waals surface area contributed by atoms with E-state index >= 15 is 0 Å². The van der Waals surface area contributed by atoms with E-state index in [0.717, 1.165) is 27.5 Å². The smallest absolute Gasteiger partial charge is 0.291 e. The summed E-state index contributed by atoms with van der Waals surface area (Å²) in [7, 11) is 0. The molecule has 150 valence electrons. The van der Waals surface area contributed by atoms with Gasteiger partial charge in [-0.2, -0.15) is 4.99 Å². The van der Waals surface area contributed by atoms with Crippen molar-refractivity contribution in [2.24, 2.45) is 4.99 Å². The number of hydrogen-bond acceptors (Lipinski definition) is 4. The van der Waals surface area contributed by atoms with E-state index in [1.54, 1.807) is 4.57 Å². The molecule has 2 aromatic heterocycles. The Morgan fingerprint density at radius 3 is 2.76 bits per heavy atom. The second-order valence-electron chi connectivity index (χ2n) is 6.13. The predicted octanol–water partition coefficient (Wildman–Crippen LogP) is 5.63. The third-order valence-electron chi connectivity index (χ3n) is 4.28. The Bertz CT molecular complexity index is 1290. The highest BCUT2D eigenvalue weighted by molar-refractivity contribution is 7.21. The minimum Gasteiger partial charge on any atom is -0.380 e. The minimum absolute atomic E-state index is 0.199. The summed E-state index contributed by atoms with van der Waals surface area (Å²) in [6.07, 6.45) is 0. The molecule has 0 aliphatic carbocycles. The van der Waals surface area contributed by atoms with Crippen molar-refractivity contribution in [3.63, 3.8) is 0 Å². The van der Waals surface area contributed by atoms with Gasteiger partial charge in [0.05, 0.1) is 21.8 Å². The average molecular weight is 453 g/mol. The number of benzene rings is 2. The zero-order chi connectivity index (χ0) is 20.5. The number of aromatic nitrogens is 1. The third-order valence-corrected chi connectivity index (χ3v) is 6.97. The predicted molar refractivity (Wildman–Crippen MR) is 113 cm³/mol. The largest absolute Gasteiger partial charge is 0.380 e. The summed E-state index contributed by atoms with van der Waals surface area (Å²) in [5.41, 5.74) is 0.199. The number of fused-ring (bicyclic) bond motifs is 2. The minimum atomic E-state index is -0.707. The summed E-state index contributed by atoms with van der Waals surface area (Å²) in [4.78, 5) is 17.6. The topological polar surface area (TPSA) is 43.6 Å². The first kappa shape index (κ1) is 20.2. The summed E-state index contributed by atoms with van der Waals surface area (Å²) in [6, 6.07) is 9.48. The standard InChI is InChI=1S/C20H15ClF2N2O2S2/c1-2-27-8-7-25-17-13(23)9-11(22)10-15(17)29-20(25)24-19(26)18-16(21)12-5-3-4-6-14(12)28-18/h3-6,9-10H,2,7-8H2,1H3. The van der Waals surface area contributed by atoms with Crippen LogP contribution in [0.4, 0.5) is 8.78 Å². The summed E-state index contributed by atoms with van der Waals surface area (Å²) in [5.74, 6) is -1.91. The van der Waals surface area contributed by atoms with Crippen molar-refractivity contribution in [1.29, 1.82) is 0 Å². The molecule has 0 aliphatic heterocycles. The molecule has 0 radical (unpaired) electrons. The fourth-order valence-corrected chi connectivity index (χ4v) is 5.50. The molecule has 0 aliphatic rings. The van der Waals surface area contributed by atoms with E-state index in [1.165, 1.54) is 17.4 Å². The number of rotatable bonds is 5. The molecule has 0 unspecified atom stereocenters. The lowest BCUT2D eigenvalue weighted by Gasteiger charge is -2.06. The molecule has 2 aromatic carbocycles. The number of carbonyl (C=O) groups is 1. The Hall–Kier alpha value is -2.13. The van der Waals surface area contributed by atoms with Crippen molar-refractivity contribution in [2.45, 2.75) is 13.5 Å². The lowest BCUT2D eigenvalue weighted by Crippen LogP contribution is -2.20. The van der Waals surface area contributed by atoms with Crippen LogP contribution in [0.15, 0.2) is 41.4 Å². The van der Waals surface area contributed by atoms with Gasteiger partial charge in [0, 0.05) is 29.3 Å². The maximum atomic E-state index is 14.5. The summed E-state index contributed by atoms with van der Waals surface area (Å²) >= 11 is 8.68. The Balaban J connectivity index is 1.85. The van der Waals surface area contributed by atoms with Gasteiger partial charge in [0.25, 0.3) is 5.91 Å². The van der Waals surface area contributed by atoms with Crippen molar-refractivity contribution >= 4 is 60.5 Å². The van der Waals surface area contributed by atoms with Crippen molar-refractivity contribution in [3.8, 4) is 0 Å². The maximum absolute atomic E-state index is 14.5. The number of carbonyl (C=O) groups excluding carboxylic acids is 1. The molecule has 9 heteroatoms. The number of hydrogen-bond donors (Lipinski definition) is 0. The number of ether oxygens (including phenoxy) is 1. The number of thiazole rings is 1. The van der Waals surface area contributed by atoms with Gasteiger partial charge in [0.2, 0.25) is 0 Å². The Labute approximate surface area is 177 Å². The second-order valence-corrected chi connectivity index (χ2v) is 8.57. The highest BCUT2D eigenvalue weighted by Gasteiger charge is 2.18. The maximum Gasteiger partial charge on any atom is 0.291 e. The van der Waals surface area contributed by atoms with Crippen molar-refractivity contribution < 1.29 is 18.3 Å². The van der Waals surface area contributed by atoms with Gasteiger partial charge in [-0.05, 0) is 19.1 Å². The monoisotopic (exact) mass is 452 g/mol. The Morgan fingerprint density at radius 1 is 1.21 bits per heavy atom. The quantitative estimate of drug-likeness (QED) is 0.368. The van der Waals surface area contributed by atoms with Crippen molar-refractivity contribution in [3.05, 3.63) is 62.7 Å². The molecule has 0 fully saturated rings. The Kier molecular flexibility index (Phi) is 5.78. The highest BCUT2D eigenvalue weighted by atomic mass is 35.5. The molecule has 4 nitrogen and oxygen atoms in total. The van der Waals surface area contributed by atoms with Crippen LogP contribution in [0, 0.1) is 11.6 Å². The fraction of sp³-hybridized carbons (Fsp3) is 0.200. The molecule has 29 heavy (non-hydrogen) atoms. The first-order valence-corrected chi connectivity index (χ1v) is 10.8. The average Bonchev–Trinajstić information content (AvgIpc) is 3.20. The van der Waals surface area contributed by atoms with Gasteiger partial charge >= 0.3 is 0 Å². The molecular formula is C20H15ClF2N2O2S2. The highest BCUT2D eigenvalue weighted by Crippen LogP contribution is 2.35. The molecular weight excluding hydrogens is 438 g/mol. The molecule has 4 rings (SSSR count). The first-order chi connectivity index (χ1) is 14.0. The fourth-order valence-electron chi connectivity index (χ4n) is 3.01. The van der Waals surface area contributed by atoms with Gasteiger partial charge in [-0.3, -0.25) is 4.79 Å². The van der Waals surface area contributed by atoms with Gasteiger partial charge in [-0.15, -0.1) is 11.3 Å². The summed E-state index contributed by atoms with van der Waals surface area (Å²) in [6.45, 7) is 2.94. The molecule has 0 atom stereocenters. The SMILES string of the molecule is CCOCCn1c(=NC(=O)c2sc3ccccc3c2Cl)sc2cc(F)cc(F)c21. The van der Waals surface area contributed by atoms with Crippen LogP contribution in [0.5, 0.6) is 0 Å². The molecule has 0 spiro atoms. The van der Waals surface area contributed by atoms with Crippen LogP contribution >= 0.6 is 34.3 Å². The van der Waals surface area contributed by atoms with Gasteiger partial charge in [0.15, 0.2) is 10.6 Å². The second kappa shape index (κ2) is 8.31. The molecule has 0 saturated carbocycles. The Morgan fingerprint density at radius 2 is 2.00 bits per heavy atom. The summed E-state index contributed by atoms with van der Waals surface area (Å²) < 4.78 is 36.3. The van der Waals surface area contributed by atoms with Crippen LogP contribution in [-0.2, 0) is 11.3 Å². The van der Waals surface area contributed by atoms with E-state index in [1.807, 2.05) is 31.2 Å². The summed E-state index contributed by atoms with van der Waals surface area (Å²) in [5, 5.41) is 1.13. The molecule has 0 N–H and O–H groups in total. The molecule has 4 aromatic rings. The van der Waals surface area contributed by atoms with Crippen molar-refractivity contribution in [2.75, 3.05) is 13.2 Å². The van der Waals surface area contributed by atoms with Gasteiger partial charge in [0.1, 0.15) is 10.7 Å². The lowest BCUT2D eigenvalue weighted by molar-refractivity contribution is 0.100. The van der Waals surface area contributed by atoms with E-state index in [-0.39, 0.29) is 16.9 Å². The lowest BCUT2D eigenvalue weighted by atomic mass is 10.2. The van der Waals surface area contributed by atoms with E-state index in [4.69, 9.17) is 16.3 Å². The van der Waals surface area contributed by atoms with E-state index in [0.29, 0.717) is 27.8 Å². The number of halogens is 3. The van der Waals surface area contributed by atoms with E-state index < -0.39 is 17.5 Å². The van der Waals surface area contributed by atoms with Crippen molar-refractivity contribution in [1.82, 2.24) is 4.57 Å². The van der Waals surface area contributed by atoms with Crippen LogP contribution in [0.3, 0.4) is 0 Å².